The van der Waals surface area contributed by atoms with Crippen LogP contribution in [0.25, 0.3) is 0 Å². The van der Waals surface area contributed by atoms with E-state index < -0.39 is 6.10 Å². The first-order chi connectivity index (χ1) is 9.29. The minimum Gasteiger partial charge on any atom is -0.394 e. The molecule has 106 valence electrons. The Morgan fingerprint density at radius 3 is 2.63 bits per heavy atom. The lowest BCUT2D eigenvalue weighted by Gasteiger charge is -2.19. The van der Waals surface area contributed by atoms with E-state index in [4.69, 9.17) is 4.74 Å². The average Bonchev–Trinajstić information content (AvgIpc) is 3.25. The van der Waals surface area contributed by atoms with E-state index in [-0.39, 0.29) is 12.6 Å². The summed E-state index contributed by atoms with van der Waals surface area (Å²) in [7, 11) is 0. The Morgan fingerprint density at radius 1 is 1.26 bits per heavy atom. The second kappa shape index (κ2) is 7.60. The highest BCUT2D eigenvalue weighted by atomic mass is 16.5. The first kappa shape index (κ1) is 14.5. The maximum Gasteiger partial charge on any atom is 0.0897 e. The van der Waals surface area contributed by atoms with E-state index in [1.165, 1.54) is 12.8 Å². The van der Waals surface area contributed by atoms with Crippen molar-refractivity contribution in [1.82, 2.24) is 5.32 Å². The number of benzene rings is 1. The van der Waals surface area contributed by atoms with Crippen LogP contribution in [0.5, 0.6) is 0 Å². The second-order valence-corrected chi connectivity index (χ2v) is 5.19. The van der Waals surface area contributed by atoms with Gasteiger partial charge in [0.25, 0.3) is 0 Å². The van der Waals surface area contributed by atoms with Crippen LogP contribution in [0.15, 0.2) is 30.3 Å². The van der Waals surface area contributed by atoms with Gasteiger partial charge in [-0.25, -0.2) is 0 Å². The first-order valence-corrected chi connectivity index (χ1v) is 6.94. The van der Waals surface area contributed by atoms with Gasteiger partial charge in [-0.2, -0.15) is 0 Å². The van der Waals surface area contributed by atoms with Crippen molar-refractivity contribution in [2.75, 3.05) is 26.4 Å². The van der Waals surface area contributed by atoms with Crippen LogP contribution in [0.3, 0.4) is 0 Å². The summed E-state index contributed by atoms with van der Waals surface area (Å²) in [5.41, 5.74) is 1.02. The smallest absolute Gasteiger partial charge is 0.0897 e. The van der Waals surface area contributed by atoms with Crippen LogP contribution in [0, 0.1) is 5.92 Å². The quantitative estimate of drug-likeness (QED) is 0.625. The van der Waals surface area contributed by atoms with E-state index in [0.717, 1.165) is 18.1 Å². The minimum atomic E-state index is -0.531. The van der Waals surface area contributed by atoms with Crippen molar-refractivity contribution in [3.8, 4) is 0 Å². The third kappa shape index (κ3) is 5.28. The molecular weight excluding hydrogens is 242 g/mol. The van der Waals surface area contributed by atoms with Gasteiger partial charge in [-0.05, 0) is 24.3 Å². The van der Waals surface area contributed by atoms with Crippen LogP contribution in [0.1, 0.15) is 24.4 Å². The molecule has 3 N–H and O–H groups in total. The predicted molar refractivity (Wildman–Crippen MR) is 73.8 cm³/mol. The molecule has 2 rings (SSSR count). The lowest BCUT2D eigenvalue weighted by molar-refractivity contribution is 0.0302. The predicted octanol–water partition coefficient (Wildman–Crippen LogP) is 1.10. The number of hydrogen-bond donors (Lipinski definition) is 3. The van der Waals surface area contributed by atoms with Gasteiger partial charge >= 0.3 is 0 Å². The monoisotopic (exact) mass is 265 g/mol. The van der Waals surface area contributed by atoms with Crippen LogP contribution in [-0.2, 0) is 4.74 Å². The molecule has 0 saturated heterocycles. The van der Waals surface area contributed by atoms with Gasteiger partial charge in [0.1, 0.15) is 0 Å². The fourth-order valence-electron chi connectivity index (χ4n) is 1.97. The molecule has 0 radical (unpaired) electrons. The van der Waals surface area contributed by atoms with Gasteiger partial charge in [0.2, 0.25) is 0 Å². The van der Waals surface area contributed by atoms with Crippen LogP contribution in [0.2, 0.25) is 0 Å². The van der Waals surface area contributed by atoms with Crippen molar-refractivity contribution in [3.63, 3.8) is 0 Å². The van der Waals surface area contributed by atoms with E-state index in [0.29, 0.717) is 13.2 Å². The lowest BCUT2D eigenvalue weighted by atomic mass is 10.1. The Kier molecular flexibility index (Phi) is 5.79. The van der Waals surface area contributed by atoms with Crippen molar-refractivity contribution < 1.29 is 14.9 Å². The topological polar surface area (TPSA) is 61.7 Å². The summed E-state index contributed by atoms with van der Waals surface area (Å²) in [5.74, 6) is 0.717. The fourth-order valence-corrected chi connectivity index (χ4v) is 1.97. The van der Waals surface area contributed by atoms with Crippen LogP contribution < -0.4 is 5.32 Å². The average molecular weight is 265 g/mol. The van der Waals surface area contributed by atoms with Gasteiger partial charge in [0.15, 0.2) is 0 Å². The van der Waals surface area contributed by atoms with Gasteiger partial charge < -0.3 is 20.3 Å². The summed E-state index contributed by atoms with van der Waals surface area (Å²) < 4.78 is 5.44. The summed E-state index contributed by atoms with van der Waals surface area (Å²) in [6, 6.07) is 9.61. The molecule has 0 spiro atoms. The first-order valence-electron chi connectivity index (χ1n) is 6.94. The maximum atomic E-state index is 9.80. The molecule has 0 aromatic heterocycles. The van der Waals surface area contributed by atoms with Crippen molar-refractivity contribution in [2.45, 2.75) is 25.0 Å². The lowest BCUT2D eigenvalue weighted by Crippen LogP contribution is -2.34. The van der Waals surface area contributed by atoms with Gasteiger partial charge in [-0.3, -0.25) is 0 Å². The fraction of sp³-hybridized carbons (Fsp3) is 0.600. The number of ether oxygens (including phenoxy) is 1. The van der Waals surface area contributed by atoms with E-state index >= 15 is 0 Å². The van der Waals surface area contributed by atoms with Crippen LogP contribution in [-0.4, -0.2) is 42.7 Å². The van der Waals surface area contributed by atoms with Crippen molar-refractivity contribution in [2.24, 2.45) is 5.92 Å². The third-order valence-corrected chi connectivity index (χ3v) is 3.35. The number of nitrogens with one attached hydrogen (secondary N) is 1. The number of hydrogen-bond acceptors (Lipinski definition) is 4. The molecular formula is C15H23NO3. The number of aliphatic hydroxyl groups is 2. The molecule has 1 fully saturated rings. The SMILES string of the molecule is OCC(NCC(O)COCC1CC1)c1ccccc1. The molecule has 2 unspecified atom stereocenters. The molecule has 4 heteroatoms. The molecule has 0 bridgehead atoms. The molecule has 1 aliphatic carbocycles. The molecule has 2 atom stereocenters. The largest absolute Gasteiger partial charge is 0.394 e. The molecule has 1 aromatic carbocycles. The second-order valence-electron chi connectivity index (χ2n) is 5.19. The molecule has 19 heavy (non-hydrogen) atoms. The van der Waals surface area contributed by atoms with Gasteiger partial charge in [0.05, 0.1) is 25.4 Å². The maximum absolute atomic E-state index is 9.80. The summed E-state index contributed by atoms with van der Waals surface area (Å²) in [6.45, 7) is 1.56. The standard InChI is InChI=1S/C15H23NO3/c17-9-15(13-4-2-1-3-5-13)16-8-14(18)11-19-10-12-6-7-12/h1-5,12,14-18H,6-11H2. The zero-order valence-electron chi connectivity index (χ0n) is 11.2. The van der Waals surface area contributed by atoms with E-state index in [2.05, 4.69) is 5.32 Å². The summed E-state index contributed by atoms with van der Waals surface area (Å²) in [6.07, 6.45) is 1.99. The Hall–Kier alpha value is -0.940. The van der Waals surface area contributed by atoms with E-state index in [9.17, 15) is 10.2 Å². The Bertz CT molecular complexity index is 354. The third-order valence-electron chi connectivity index (χ3n) is 3.35. The summed E-state index contributed by atoms with van der Waals surface area (Å²) >= 11 is 0. The normalized spacial score (nSPS) is 18.2. The van der Waals surface area contributed by atoms with Crippen molar-refractivity contribution in [3.05, 3.63) is 35.9 Å². The Balaban J connectivity index is 1.66. The van der Waals surface area contributed by atoms with Crippen LogP contribution in [0.4, 0.5) is 0 Å². The van der Waals surface area contributed by atoms with Gasteiger partial charge in [-0.15, -0.1) is 0 Å². The minimum absolute atomic E-state index is 0.0136. The zero-order chi connectivity index (χ0) is 13.5. The highest BCUT2D eigenvalue weighted by molar-refractivity contribution is 5.18. The van der Waals surface area contributed by atoms with Gasteiger partial charge in [0, 0.05) is 13.2 Å². The molecule has 1 aromatic rings. The molecule has 0 amide bonds. The highest BCUT2D eigenvalue weighted by Gasteiger charge is 2.21. The number of aliphatic hydroxyl groups excluding tert-OH is 2. The Labute approximate surface area is 114 Å². The number of rotatable bonds is 9. The molecule has 1 saturated carbocycles. The zero-order valence-corrected chi connectivity index (χ0v) is 11.2. The molecule has 1 aliphatic rings. The molecule has 0 heterocycles. The van der Waals surface area contributed by atoms with E-state index in [1.54, 1.807) is 0 Å². The van der Waals surface area contributed by atoms with Gasteiger partial charge in [-0.1, -0.05) is 30.3 Å². The summed E-state index contributed by atoms with van der Waals surface area (Å²) in [4.78, 5) is 0. The molecule has 4 nitrogen and oxygen atoms in total. The Morgan fingerprint density at radius 2 is 2.00 bits per heavy atom. The summed E-state index contributed by atoms with van der Waals surface area (Å²) in [5, 5.41) is 22.3. The van der Waals surface area contributed by atoms with Crippen molar-refractivity contribution >= 4 is 0 Å². The highest BCUT2D eigenvalue weighted by Crippen LogP contribution is 2.28. The van der Waals surface area contributed by atoms with Crippen molar-refractivity contribution in [1.29, 1.82) is 0 Å². The van der Waals surface area contributed by atoms with Crippen LogP contribution >= 0.6 is 0 Å². The molecule has 0 aliphatic heterocycles. The van der Waals surface area contributed by atoms with E-state index in [1.807, 2.05) is 30.3 Å².